The molecule has 3 N–H and O–H groups in total. The standard InChI is InChI=1S/C20H20N4O4S/c1-26-19(25)15-4-8-17(9-5-15)28-11-10-27-16-6-2-14(3-7-16)12-22-24-20-23-18(21)13-29-20/h2-9,12-13H,10-11,21H2,1H3,(H,23,24). The molecule has 0 amide bonds. The molecule has 0 fully saturated rings. The molecule has 1 heterocycles. The molecule has 0 atom stereocenters. The maximum absolute atomic E-state index is 11.4. The second-order valence-corrected chi connectivity index (χ2v) is 6.59. The van der Waals surface area contributed by atoms with Crippen LogP contribution in [0.2, 0.25) is 0 Å². The number of aromatic nitrogens is 1. The normalized spacial score (nSPS) is 10.7. The Morgan fingerprint density at radius 3 is 2.28 bits per heavy atom. The number of carbonyl (C=O) groups excluding carboxylic acids is 1. The number of nitrogen functional groups attached to an aromatic ring is 1. The predicted molar refractivity (Wildman–Crippen MR) is 113 cm³/mol. The fraction of sp³-hybridized carbons (Fsp3) is 0.150. The van der Waals surface area contributed by atoms with Crippen molar-refractivity contribution in [1.82, 2.24) is 4.98 Å². The Kier molecular flexibility index (Phi) is 7.01. The van der Waals surface area contributed by atoms with E-state index in [0.29, 0.717) is 35.5 Å². The zero-order valence-corrected chi connectivity index (χ0v) is 16.5. The first-order chi connectivity index (χ1) is 14.1. The van der Waals surface area contributed by atoms with Crippen LogP contribution in [0.3, 0.4) is 0 Å². The Hall–Kier alpha value is -3.59. The average Bonchev–Trinajstić information content (AvgIpc) is 3.17. The summed E-state index contributed by atoms with van der Waals surface area (Å²) >= 11 is 1.39. The number of hydrazone groups is 1. The van der Waals surface area contributed by atoms with Gasteiger partial charge < -0.3 is 19.9 Å². The van der Waals surface area contributed by atoms with E-state index in [-0.39, 0.29) is 5.97 Å². The number of esters is 1. The van der Waals surface area contributed by atoms with Gasteiger partial charge in [0.2, 0.25) is 5.13 Å². The molecule has 0 radical (unpaired) electrons. The van der Waals surface area contributed by atoms with Gasteiger partial charge in [-0.1, -0.05) is 0 Å². The van der Waals surface area contributed by atoms with Crippen LogP contribution in [0.25, 0.3) is 0 Å². The summed E-state index contributed by atoms with van der Waals surface area (Å²) in [6.07, 6.45) is 1.68. The fourth-order valence-electron chi connectivity index (χ4n) is 2.27. The van der Waals surface area contributed by atoms with E-state index >= 15 is 0 Å². The highest BCUT2D eigenvalue weighted by molar-refractivity contribution is 7.14. The maximum atomic E-state index is 11.4. The molecule has 29 heavy (non-hydrogen) atoms. The van der Waals surface area contributed by atoms with Crippen LogP contribution in [0.1, 0.15) is 15.9 Å². The van der Waals surface area contributed by atoms with Gasteiger partial charge in [0.1, 0.15) is 30.5 Å². The highest BCUT2D eigenvalue weighted by Crippen LogP contribution is 2.16. The maximum Gasteiger partial charge on any atom is 0.337 e. The van der Waals surface area contributed by atoms with Gasteiger partial charge in [-0.2, -0.15) is 5.10 Å². The van der Waals surface area contributed by atoms with Crippen LogP contribution in [0.4, 0.5) is 10.9 Å². The van der Waals surface area contributed by atoms with E-state index in [4.69, 9.17) is 15.2 Å². The molecule has 2 aromatic carbocycles. The lowest BCUT2D eigenvalue weighted by molar-refractivity contribution is 0.0600. The number of methoxy groups -OCH3 is 1. The van der Waals surface area contributed by atoms with E-state index in [1.54, 1.807) is 35.9 Å². The minimum absolute atomic E-state index is 0.377. The summed E-state index contributed by atoms with van der Waals surface area (Å²) in [5.41, 5.74) is 9.76. The molecular formula is C20H20N4O4S. The van der Waals surface area contributed by atoms with Crippen molar-refractivity contribution in [1.29, 1.82) is 0 Å². The van der Waals surface area contributed by atoms with E-state index in [0.717, 1.165) is 11.3 Å². The van der Waals surface area contributed by atoms with E-state index in [1.807, 2.05) is 24.3 Å². The summed E-state index contributed by atoms with van der Waals surface area (Å²) in [6, 6.07) is 14.2. The van der Waals surface area contributed by atoms with E-state index in [9.17, 15) is 4.79 Å². The lowest BCUT2D eigenvalue weighted by Crippen LogP contribution is -2.09. The van der Waals surface area contributed by atoms with Crippen LogP contribution in [-0.4, -0.2) is 37.5 Å². The SMILES string of the molecule is COC(=O)c1ccc(OCCOc2ccc(C=NNc3nc(N)cs3)cc2)cc1. The number of anilines is 2. The molecule has 0 saturated heterocycles. The van der Waals surface area contributed by atoms with Crippen LogP contribution < -0.4 is 20.6 Å². The molecule has 0 aliphatic heterocycles. The number of benzene rings is 2. The number of hydrogen-bond acceptors (Lipinski definition) is 9. The first-order valence-electron chi connectivity index (χ1n) is 8.68. The number of ether oxygens (including phenoxy) is 3. The van der Waals surface area contributed by atoms with Gasteiger partial charge in [-0.15, -0.1) is 11.3 Å². The molecular weight excluding hydrogens is 392 g/mol. The van der Waals surface area contributed by atoms with Crippen molar-refractivity contribution in [3.63, 3.8) is 0 Å². The number of nitrogens with two attached hydrogens (primary N) is 1. The molecule has 3 rings (SSSR count). The Balaban J connectivity index is 1.39. The molecule has 0 unspecified atom stereocenters. The summed E-state index contributed by atoms with van der Waals surface area (Å²) in [5, 5.41) is 6.49. The Morgan fingerprint density at radius 2 is 1.72 bits per heavy atom. The van der Waals surface area contributed by atoms with Gasteiger partial charge in [0, 0.05) is 5.38 Å². The quantitative estimate of drug-likeness (QED) is 0.240. The number of nitrogens with zero attached hydrogens (tertiary/aromatic N) is 2. The monoisotopic (exact) mass is 412 g/mol. The van der Waals surface area contributed by atoms with E-state index in [1.165, 1.54) is 18.4 Å². The van der Waals surface area contributed by atoms with E-state index < -0.39 is 0 Å². The van der Waals surface area contributed by atoms with Crippen molar-refractivity contribution < 1.29 is 19.0 Å². The van der Waals surface area contributed by atoms with Crippen molar-refractivity contribution in [2.24, 2.45) is 5.10 Å². The molecule has 3 aromatic rings. The van der Waals surface area contributed by atoms with Crippen molar-refractivity contribution in [2.75, 3.05) is 31.5 Å². The lowest BCUT2D eigenvalue weighted by atomic mass is 10.2. The van der Waals surface area contributed by atoms with Crippen LogP contribution >= 0.6 is 11.3 Å². The van der Waals surface area contributed by atoms with Crippen LogP contribution in [0, 0.1) is 0 Å². The molecule has 0 aliphatic rings. The second-order valence-electron chi connectivity index (χ2n) is 5.73. The third-order valence-electron chi connectivity index (χ3n) is 3.67. The van der Waals surface area contributed by atoms with Crippen molar-refractivity contribution in [3.05, 3.63) is 65.0 Å². The molecule has 1 aromatic heterocycles. The van der Waals surface area contributed by atoms with Gasteiger partial charge in [0.25, 0.3) is 0 Å². The summed E-state index contributed by atoms with van der Waals surface area (Å²) in [7, 11) is 1.35. The fourth-order valence-corrected chi connectivity index (χ4v) is 2.82. The zero-order valence-electron chi connectivity index (χ0n) is 15.7. The highest BCUT2D eigenvalue weighted by Gasteiger charge is 2.04. The van der Waals surface area contributed by atoms with Crippen molar-refractivity contribution in [2.45, 2.75) is 0 Å². The Morgan fingerprint density at radius 1 is 1.10 bits per heavy atom. The van der Waals surface area contributed by atoms with Gasteiger partial charge in [-0.25, -0.2) is 9.78 Å². The number of rotatable bonds is 9. The lowest BCUT2D eigenvalue weighted by Gasteiger charge is -2.09. The summed E-state index contributed by atoms with van der Waals surface area (Å²) in [5.74, 6) is 1.48. The first kappa shape index (κ1) is 20.2. The van der Waals surface area contributed by atoms with Gasteiger partial charge in [-0.3, -0.25) is 5.43 Å². The molecule has 0 spiro atoms. The second kappa shape index (κ2) is 10.1. The molecule has 8 nitrogen and oxygen atoms in total. The van der Waals surface area contributed by atoms with Gasteiger partial charge in [0.15, 0.2) is 0 Å². The molecule has 0 aliphatic carbocycles. The van der Waals surface area contributed by atoms with Crippen LogP contribution in [-0.2, 0) is 4.74 Å². The van der Waals surface area contributed by atoms with Crippen molar-refractivity contribution >= 4 is 34.5 Å². The Labute approximate surface area is 171 Å². The largest absolute Gasteiger partial charge is 0.490 e. The number of thiazole rings is 1. The minimum Gasteiger partial charge on any atom is -0.490 e. The van der Waals surface area contributed by atoms with Crippen molar-refractivity contribution in [3.8, 4) is 11.5 Å². The number of nitrogens with one attached hydrogen (secondary N) is 1. The van der Waals surface area contributed by atoms with Crippen LogP contribution in [0.5, 0.6) is 11.5 Å². The van der Waals surface area contributed by atoms with Gasteiger partial charge in [0.05, 0.1) is 18.9 Å². The molecule has 0 saturated carbocycles. The summed E-state index contributed by atoms with van der Waals surface area (Å²) in [6.45, 7) is 0.765. The molecule has 9 heteroatoms. The number of hydrogen-bond donors (Lipinski definition) is 2. The number of carbonyl (C=O) groups is 1. The smallest absolute Gasteiger partial charge is 0.337 e. The van der Waals surface area contributed by atoms with Gasteiger partial charge >= 0.3 is 5.97 Å². The topological polar surface area (TPSA) is 108 Å². The molecule has 150 valence electrons. The minimum atomic E-state index is -0.378. The third-order valence-corrected chi connectivity index (χ3v) is 4.44. The molecule has 0 bridgehead atoms. The third kappa shape index (κ3) is 6.22. The zero-order chi connectivity index (χ0) is 20.5. The predicted octanol–water partition coefficient (Wildman–Crippen LogP) is 3.42. The average molecular weight is 412 g/mol. The van der Waals surface area contributed by atoms with Crippen LogP contribution in [0.15, 0.2) is 59.0 Å². The van der Waals surface area contributed by atoms with Gasteiger partial charge in [-0.05, 0) is 54.1 Å². The Bertz CT molecular complexity index is 955. The van der Waals surface area contributed by atoms with E-state index in [2.05, 4.69) is 20.2 Å². The summed E-state index contributed by atoms with van der Waals surface area (Å²) in [4.78, 5) is 15.4. The highest BCUT2D eigenvalue weighted by atomic mass is 32.1. The first-order valence-corrected chi connectivity index (χ1v) is 9.56. The summed E-state index contributed by atoms with van der Waals surface area (Å²) < 4.78 is 15.9.